The van der Waals surface area contributed by atoms with E-state index in [4.69, 9.17) is 0 Å². The molecule has 0 bridgehead atoms. The number of nitrogens with zero attached hydrogens (tertiary/aromatic N) is 1. The van der Waals surface area contributed by atoms with Gasteiger partial charge in [0, 0.05) is 10.3 Å². The first-order valence-electron chi connectivity index (χ1n) is 7.11. The number of benzene rings is 2. The predicted octanol–water partition coefficient (Wildman–Crippen LogP) is 4.63. The van der Waals surface area contributed by atoms with E-state index in [0.717, 1.165) is 10.3 Å². The standard InChI is InChI=1S/C18H17NO2S2/c1-13(2)18-12-14-11-15(22-3)9-10-17(14)19(18)23(20,21)16-7-5-4-6-8-16/h4-12H,1H2,2-3H3. The summed E-state index contributed by atoms with van der Waals surface area (Å²) >= 11 is 1.63. The summed E-state index contributed by atoms with van der Waals surface area (Å²) in [4.78, 5) is 1.37. The van der Waals surface area contributed by atoms with Gasteiger partial charge in [-0.05, 0) is 55.2 Å². The van der Waals surface area contributed by atoms with Crippen molar-refractivity contribution in [3.8, 4) is 0 Å². The van der Waals surface area contributed by atoms with Crippen molar-refractivity contribution in [2.24, 2.45) is 0 Å². The second-order valence-corrected chi connectivity index (χ2v) is 7.98. The lowest BCUT2D eigenvalue weighted by atomic mass is 10.2. The Morgan fingerprint density at radius 3 is 2.39 bits per heavy atom. The minimum atomic E-state index is -3.67. The van der Waals surface area contributed by atoms with Crippen LogP contribution in [0.15, 0.2) is 71.0 Å². The summed E-state index contributed by atoms with van der Waals surface area (Å²) in [6.45, 7) is 5.76. The van der Waals surface area contributed by atoms with E-state index in [1.807, 2.05) is 37.4 Å². The van der Waals surface area contributed by atoms with Crippen molar-refractivity contribution in [3.63, 3.8) is 0 Å². The molecule has 0 fully saturated rings. The van der Waals surface area contributed by atoms with Crippen molar-refractivity contribution >= 4 is 38.3 Å². The molecule has 3 rings (SSSR count). The number of rotatable bonds is 4. The van der Waals surface area contributed by atoms with Gasteiger partial charge in [-0.1, -0.05) is 24.8 Å². The summed E-state index contributed by atoms with van der Waals surface area (Å²) in [7, 11) is -3.67. The van der Waals surface area contributed by atoms with Crippen molar-refractivity contribution in [2.45, 2.75) is 16.7 Å². The zero-order valence-corrected chi connectivity index (χ0v) is 14.6. The summed E-state index contributed by atoms with van der Waals surface area (Å²) in [5.41, 5.74) is 2.00. The largest absolute Gasteiger partial charge is 0.268 e. The van der Waals surface area contributed by atoms with E-state index >= 15 is 0 Å². The maximum absolute atomic E-state index is 13.1. The first kappa shape index (κ1) is 15.9. The highest BCUT2D eigenvalue weighted by atomic mass is 32.2. The van der Waals surface area contributed by atoms with Crippen molar-refractivity contribution in [3.05, 3.63) is 66.9 Å². The maximum atomic E-state index is 13.1. The molecule has 1 aromatic heterocycles. The molecule has 0 unspecified atom stereocenters. The molecule has 5 heteroatoms. The second-order valence-electron chi connectivity index (χ2n) is 5.32. The van der Waals surface area contributed by atoms with Gasteiger partial charge in [0.1, 0.15) is 0 Å². The molecule has 0 N–H and O–H groups in total. The molecule has 3 nitrogen and oxygen atoms in total. The van der Waals surface area contributed by atoms with Crippen molar-refractivity contribution in [2.75, 3.05) is 6.26 Å². The number of fused-ring (bicyclic) bond motifs is 1. The Kier molecular flexibility index (Phi) is 4.08. The van der Waals surface area contributed by atoms with E-state index in [9.17, 15) is 8.42 Å². The van der Waals surface area contributed by atoms with Crippen LogP contribution in [0.2, 0.25) is 0 Å². The zero-order chi connectivity index (χ0) is 16.6. The molecule has 0 saturated carbocycles. The molecule has 0 spiro atoms. The van der Waals surface area contributed by atoms with E-state index in [-0.39, 0.29) is 4.90 Å². The summed E-state index contributed by atoms with van der Waals surface area (Å²) in [5, 5.41) is 0.898. The summed E-state index contributed by atoms with van der Waals surface area (Å²) < 4.78 is 27.6. The van der Waals surface area contributed by atoms with Crippen LogP contribution < -0.4 is 0 Å². The van der Waals surface area contributed by atoms with Gasteiger partial charge in [0.2, 0.25) is 0 Å². The van der Waals surface area contributed by atoms with Crippen LogP contribution in [0.25, 0.3) is 16.5 Å². The molecule has 0 aliphatic heterocycles. The number of aromatic nitrogens is 1. The minimum Gasteiger partial charge on any atom is -0.234 e. The Balaban J connectivity index is 2.36. The summed E-state index contributed by atoms with van der Waals surface area (Å²) in [5.74, 6) is 0. The van der Waals surface area contributed by atoms with Gasteiger partial charge in [-0.2, -0.15) is 0 Å². The fourth-order valence-corrected chi connectivity index (χ4v) is 4.60. The molecule has 118 valence electrons. The number of thioether (sulfide) groups is 1. The lowest BCUT2D eigenvalue weighted by Gasteiger charge is -2.12. The van der Waals surface area contributed by atoms with Gasteiger partial charge in [0.05, 0.1) is 16.1 Å². The monoisotopic (exact) mass is 343 g/mol. The normalized spacial score (nSPS) is 11.7. The highest BCUT2D eigenvalue weighted by molar-refractivity contribution is 7.98. The van der Waals surface area contributed by atoms with Gasteiger partial charge < -0.3 is 0 Å². The van der Waals surface area contributed by atoms with Crippen LogP contribution in [0.4, 0.5) is 0 Å². The Morgan fingerprint density at radius 2 is 1.78 bits per heavy atom. The summed E-state index contributed by atoms with van der Waals surface area (Å²) in [6, 6.07) is 16.2. The lowest BCUT2D eigenvalue weighted by Crippen LogP contribution is -2.14. The van der Waals surface area contributed by atoms with E-state index in [1.54, 1.807) is 42.1 Å². The second kappa shape index (κ2) is 5.91. The molecule has 0 aliphatic carbocycles. The van der Waals surface area contributed by atoms with E-state index in [1.165, 1.54) is 3.97 Å². The van der Waals surface area contributed by atoms with Crippen molar-refractivity contribution in [1.82, 2.24) is 3.97 Å². The zero-order valence-electron chi connectivity index (χ0n) is 13.0. The molecule has 0 amide bonds. The topological polar surface area (TPSA) is 39.1 Å². The Labute approximate surface area is 140 Å². The maximum Gasteiger partial charge on any atom is 0.268 e. The molecule has 3 aromatic rings. The molecule has 23 heavy (non-hydrogen) atoms. The molecule has 2 aromatic carbocycles. The van der Waals surface area contributed by atoms with Crippen LogP contribution in [0.3, 0.4) is 0 Å². The van der Waals surface area contributed by atoms with Crippen molar-refractivity contribution in [1.29, 1.82) is 0 Å². The molecule has 0 aliphatic rings. The number of allylic oxidation sites excluding steroid dienone is 1. The first-order valence-corrected chi connectivity index (χ1v) is 9.77. The van der Waals surface area contributed by atoms with Crippen molar-refractivity contribution < 1.29 is 8.42 Å². The highest BCUT2D eigenvalue weighted by Crippen LogP contribution is 2.31. The van der Waals surface area contributed by atoms with Gasteiger partial charge in [-0.3, -0.25) is 0 Å². The van der Waals surface area contributed by atoms with Crippen LogP contribution in [-0.4, -0.2) is 18.6 Å². The third-order valence-electron chi connectivity index (χ3n) is 3.68. The van der Waals surface area contributed by atoms with Crippen LogP contribution in [0, 0.1) is 0 Å². The minimum absolute atomic E-state index is 0.272. The highest BCUT2D eigenvalue weighted by Gasteiger charge is 2.23. The molecular weight excluding hydrogens is 326 g/mol. The average Bonchev–Trinajstić information content (AvgIpc) is 2.95. The van der Waals surface area contributed by atoms with Crippen LogP contribution in [-0.2, 0) is 10.0 Å². The lowest BCUT2D eigenvalue weighted by molar-refractivity contribution is 0.588. The van der Waals surface area contributed by atoms with E-state index in [0.29, 0.717) is 16.8 Å². The average molecular weight is 343 g/mol. The molecule has 1 heterocycles. The number of hydrogen-bond donors (Lipinski definition) is 0. The molecule has 0 radical (unpaired) electrons. The van der Waals surface area contributed by atoms with Crippen LogP contribution >= 0.6 is 11.8 Å². The smallest absolute Gasteiger partial charge is 0.234 e. The number of hydrogen-bond acceptors (Lipinski definition) is 3. The summed E-state index contributed by atoms with van der Waals surface area (Å²) in [6.07, 6.45) is 2.00. The Morgan fingerprint density at radius 1 is 1.09 bits per heavy atom. The SMILES string of the molecule is C=C(C)c1cc2cc(SC)ccc2n1S(=O)(=O)c1ccccc1. The van der Waals surface area contributed by atoms with Crippen LogP contribution in [0.5, 0.6) is 0 Å². The third-order valence-corrected chi connectivity index (χ3v) is 6.15. The fraction of sp³-hybridized carbons (Fsp3) is 0.111. The van der Waals surface area contributed by atoms with Gasteiger partial charge in [-0.25, -0.2) is 12.4 Å². The van der Waals surface area contributed by atoms with Gasteiger partial charge in [0.25, 0.3) is 10.0 Å². The third kappa shape index (κ3) is 2.71. The molecule has 0 saturated heterocycles. The van der Waals surface area contributed by atoms with Gasteiger partial charge in [0.15, 0.2) is 0 Å². The van der Waals surface area contributed by atoms with Crippen LogP contribution in [0.1, 0.15) is 12.6 Å². The van der Waals surface area contributed by atoms with E-state index in [2.05, 4.69) is 6.58 Å². The molecule has 0 atom stereocenters. The van der Waals surface area contributed by atoms with Gasteiger partial charge >= 0.3 is 0 Å². The van der Waals surface area contributed by atoms with E-state index < -0.39 is 10.0 Å². The Hall–Kier alpha value is -1.98. The molecular formula is C18H17NO2S2. The Bertz CT molecular complexity index is 987. The quantitative estimate of drug-likeness (QED) is 0.648. The van der Waals surface area contributed by atoms with Gasteiger partial charge in [-0.15, -0.1) is 11.8 Å². The first-order chi connectivity index (χ1) is 10.9. The predicted molar refractivity (Wildman–Crippen MR) is 97.5 cm³/mol. The fourth-order valence-electron chi connectivity index (χ4n) is 2.55.